The Kier molecular flexibility index (Phi) is 16.2. The van der Waals surface area contributed by atoms with Crippen LogP contribution in [0.5, 0.6) is 0 Å². The minimum absolute atomic E-state index is 0. The van der Waals surface area contributed by atoms with Gasteiger partial charge in [0, 0.05) is 22.4 Å². The van der Waals surface area contributed by atoms with Crippen molar-refractivity contribution in [1.82, 2.24) is 0 Å². The fourth-order valence-electron chi connectivity index (χ4n) is 1.90. The van der Waals surface area contributed by atoms with Crippen LogP contribution in [0.2, 0.25) is 0 Å². The number of benzene rings is 2. The molecule has 2 radical (unpaired) electrons. The molecule has 1 aliphatic rings. The second-order valence-electron chi connectivity index (χ2n) is 3.95. The fourth-order valence-corrected chi connectivity index (χ4v) is 3.02. The summed E-state index contributed by atoms with van der Waals surface area (Å²) in [6.45, 7) is 13.5. The molecule has 0 amide bonds. The minimum atomic E-state index is 0. The van der Waals surface area contributed by atoms with Gasteiger partial charge in [0.1, 0.15) is 0 Å². The predicted molar refractivity (Wildman–Crippen MR) is 87.2 cm³/mol. The molecule has 0 bridgehead atoms. The Balaban J connectivity index is 0. The first-order valence-corrected chi connectivity index (χ1v) is 7.19. The van der Waals surface area contributed by atoms with E-state index in [2.05, 4.69) is 92.8 Å². The quantitative estimate of drug-likeness (QED) is 0.328. The van der Waals surface area contributed by atoms with Crippen molar-refractivity contribution in [2.45, 2.75) is 0 Å². The first kappa shape index (κ1) is 24.3. The van der Waals surface area contributed by atoms with Gasteiger partial charge in [0.05, 0.1) is 5.66 Å². The second kappa shape index (κ2) is 16.0. The van der Waals surface area contributed by atoms with E-state index in [1.165, 1.54) is 30.3 Å². The normalized spacial score (nSPS) is 11.5. The van der Waals surface area contributed by atoms with Gasteiger partial charge < -0.3 is 0 Å². The molecule has 0 saturated carbocycles. The molecule has 0 unspecified atom stereocenters. The van der Waals surface area contributed by atoms with Crippen molar-refractivity contribution >= 4 is 13.5 Å². The van der Waals surface area contributed by atoms with E-state index >= 15 is 0 Å². The summed E-state index contributed by atoms with van der Waals surface area (Å²) < 4.78 is 22.5. The molecule has 118 valence electrons. The molecular weight excluding hydrogens is 362 g/mol. The maximum absolute atomic E-state index is 7.50. The summed E-state index contributed by atoms with van der Waals surface area (Å²) in [7, 11) is 1.30. The SMILES string of the molecule is C1=CC(c2ccccc2)=P[C]1c1ccccc1.[C-]#[O+].[C-]#[O+].[C-]#[O+].[Mn]. The third-order valence-electron chi connectivity index (χ3n) is 2.78. The van der Waals surface area contributed by atoms with Crippen molar-refractivity contribution < 1.29 is 31.0 Å². The number of allylic oxidation sites excluding steroid dienone is 2. The molecule has 24 heavy (non-hydrogen) atoms. The molecule has 2 aromatic carbocycles. The molecule has 0 N–H and O–H groups in total. The van der Waals surface area contributed by atoms with Gasteiger partial charge >= 0.3 is 33.9 Å². The Morgan fingerprint density at radius 2 is 1.00 bits per heavy atom. The summed E-state index contributed by atoms with van der Waals surface area (Å²) in [6.07, 6.45) is 4.44. The van der Waals surface area contributed by atoms with Crippen molar-refractivity contribution in [2.24, 2.45) is 0 Å². The van der Waals surface area contributed by atoms with Gasteiger partial charge in [-0.25, -0.2) is 0 Å². The standard InChI is InChI=1S/C16H12P.3CO.Mn/c1-3-7-13(8-4-1)15-11-12-16(17-15)14-9-5-2-6-10-14;3*1-2;/h1-12H;;;;. The number of hydrogen-bond donors (Lipinski definition) is 0. The molecule has 5 heteroatoms. The molecule has 0 spiro atoms. The van der Waals surface area contributed by atoms with Gasteiger partial charge in [0.15, 0.2) is 0 Å². The van der Waals surface area contributed by atoms with Crippen LogP contribution in [0.3, 0.4) is 0 Å². The Hall–Kier alpha value is -1.91. The maximum atomic E-state index is 7.50. The topological polar surface area (TPSA) is 59.7 Å². The summed E-state index contributed by atoms with van der Waals surface area (Å²) in [4.78, 5) is 0. The van der Waals surface area contributed by atoms with E-state index in [0.29, 0.717) is 0 Å². The van der Waals surface area contributed by atoms with Crippen molar-refractivity contribution in [3.05, 3.63) is 110 Å². The van der Waals surface area contributed by atoms with Gasteiger partial charge in [-0.1, -0.05) is 81.0 Å². The molecule has 0 aromatic heterocycles. The van der Waals surface area contributed by atoms with E-state index in [9.17, 15) is 0 Å². The van der Waals surface area contributed by atoms with Crippen LogP contribution in [-0.4, -0.2) is 5.29 Å². The number of rotatable bonds is 2. The molecule has 0 atom stereocenters. The van der Waals surface area contributed by atoms with E-state index in [0.717, 1.165) is 0 Å². The van der Waals surface area contributed by atoms with Crippen LogP contribution in [0.4, 0.5) is 0 Å². The van der Waals surface area contributed by atoms with Crippen LogP contribution in [0, 0.1) is 25.6 Å². The van der Waals surface area contributed by atoms with Gasteiger partial charge in [0.25, 0.3) is 0 Å². The molecule has 0 saturated heterocycles. The molecule has 0 aliphatic carbocycles. The maximum Gasteiger partial charge on any atom is 0 e. The monoisotopic (exact) mass is 374 g/mol. The number of hydrogen-bond acceptors (Lipinski definition) is 0. The first-order chi connectivity index (χ1) is 11.4. The smallest absolute Gasteiger partial charge is 0 e. The largest absolute Gasteiger partial charge is 0 e. The Morgan fingerprint density at radius 1 is 0.583 bits per heavy atom. The zero-order valence-corrected chi connectivity index (χ0v) is 14.6. The van der Waals surface area contributed by atoms with Crippen LogP contribution >= 0.6 is 8.20 Å². The zero-order valence-electron chi connectivity index (χ0n) is 12.5. The molecule has 1 heterocycles. The molecule has 3 rings (SSSR count). The third-order valence-corrected chi connectivity index (χ3v) is 4.08. The van der Waals surface area contributed by atoms with Crippen LogP contribution in [0.1, 0.15) is 11.1 Å². The fraction of sp³-hybridized carbons (Fsp3) is 0. The Morgan fingerprint density at radius 3 is 1.46 bits per heavy atom. The summed E-state index contributed by atoms with van der Waals surface area (Å²) in [5.41, 5.74) is 4.01. The summed E-state index contributed by atoms with van der Waals surface area (Å²) >= 11 is 0. The van der Waals surface area contributed by atoms with E-state index in [1.54, 1.807) is 0 Å². The van der Waals surface area contributed by atoms with Gasteiger partial charge in [-0.05, 0) is 11.1 Å². The molecule has 0 fully saturated rings. The Labute approximate surface area is 154 Å². The second-order valence-corrected chi connectivity index (χ2v) is 5.13. The predicted octanol–water partition coefficient (Wildman–Crippen LogP) is 4.19. The summed E-state index contributed by atoms with van der Waals surface area (Å²) in [6, 6.07) is 21.1. The average molecular weight is 374 g/mol. The van der Waals surface area contributed by atoms with Crippen molar-refractivity contribution in [2.75, 3.05) is 0 Å². The van der Waals surface area contributed by atoms with Crippen LogP contribution < -0.4 is 0 Å². The molecule has 1 aliphatic heterocycles. The van der Waals surface area contributed by atoms with Crippen molar-refractivity contribution in [1.29, 1.82) is 0 Å². The third kappa shape index (κ3) is 7.57. The van der Waals surface area contributed by atoms with Gasteiger partial charge in [0.2, 0.25) is 0 Å². The minimum Gasteiger partial charge on any atom is 0 e. The van der Waals surface area contributed by atoms with Gasteiger partial charge in [-0.3, -0.25) is 0 Å². The van der Waals surface area contributed by atoms with Crippen molar-refractivity contribution in [3.8, 4) is 0 Å². The van der Waals surface area contributed by atoms with Crippen LogP contribution in [-0.2, 0) is 31.0 Å². The zero-order chi connectivity index (χ0) is 17.5. The molecule has 2 aromatic rings. The van der Waals surface area contributed by atoms with E-state index in [4.69, 9.17) is 14.0 Å². The summed E-state index contributed by atoms with van der Waals surface area (Å²) in [5.74, 6) is 0. The van der Waals surface area contributed by atoms with Crippen LogP contribution in [0.15, 0.2) is 72.8 Å². The summed E-state index contributed by atoms with van der Waals surface area (Å²) in [5, 5.41) is 1.38. The average Bonchev–Trinajstić information content (AvgIpc) is 3.18. The van der Waals surface area contributed by atoms with Crippen LogP contribution in [0.25, 0.3) is 0 Å². The first-order valence-electron chi connectivity index (χ1n) is 6.29. The van der Waals surface area contributed by atoms with Gasteiger partial charge in [-0.15, -0.1) is 0 Å². The molecular formula is C19H12MnO3P. The van der Waals surface area contributed by atoms with E-state index in [-0.39, 0.29) is 17.1 Å². The van der Waals surface area contributed by atoms with E-state index < -0.39 is 0 Å². The Bertz CT molecular complexity index is 675. The van der Waals surface area contributed by atoms with E-state index in [1.807, 2.05) is 0 Å². The van der Waals surface area contributed by atoms with Crippen molar-refractivity contribution in [3.63, 3.8) is 0 Å². The van der Waals surface area contributed by atoms with Gasteiger partial charge in [-0.2, -0.15) is 0 Å². The molecule has 3 nitrogen and oxygen atoms in total.